The molecule has 0 heterocycles. The van der Waals surface area contributed by atoms with E-state index in [0.717, 1.165) is 64.6 Å². The minimum Gasteiger partial charge on any atom is -0.462 e. The molecule has 5 aliphatic rings. The van der Waals surface area contributed by atoms with E-state index in [2.05, 4.69) is 78.7 Å². The van der Waals surface area contributed by atoms with Crippen LogP contribution in [-0.2, 0) is 9.53 Å². The summed E-state index contributed by atoms with van der Waals surface area (Å²) in [5.41, 5.74) is 1.94. The van der Waals surface area contributed by atoms with Crippen LogP contribution < -0.4 is 0 Å². The van der Waals surface area contributed by atoms with Gasteiger partial charge in [-0.15, -0.1) is 0 Å². The molecule has 1 N–H and O–H groups in total. The first-order valence-electron chi connectivity index (χ1n) is 18.8. The lowest BCUT2D eigenvalue weighted by Crippen LogP contribution is -2.67. The predicted molar refractivity (Wildman–Crippen MR) is 185 cm³/mol. The average Bonchev–Trinajstić information content (AvgIpc) is 3.36. The maximum Gasteiger partial charge on any atom is 0.302 e. The van der Waals surface area contributed by atoms with Crippen molar-refractivity contribution in [1.82, 2.24) is 4.90 Å². The molecule has 5 aliphatic carbocycles. The maximum absolute atomic E-state index is 12.1. The number of nitrogens with zero attached hydrogens (tertiary/aromatic N) is 1. The summed E-state index contributed by atoms with van der Waals surface area (Å²) in [4.78, 5) is 14.5. The second-order valence-electron chi connectivity index (χ2n) is 17.9. The van der Waals surface area contributed by atoms with Crippen molar-refractivity contribution in [3.63, 3.8) is 0 Å². The highest BCUT2D eigenvalue weighted by atomic mass is 16.5. The molecule has 0 aromatic heterocycles. The number of allylic oxidation sites excluding steroid dienone is 1. The van der Waals surface area contributed by atoms with E-state index in [1.165, 1.54) is 37.7 Å². The van der Waals surface area contributed by atoms with Crippen molar-refractivity contribution in [2.75, 3.05) is 19.6 Å². The number of aliphatic hydroxyl groups excluding tert-OH is 1. The minimum absolute atomic E-state index is 0.0113. The largest absolute Gasteiger partial charge is 0.462 e. The van der Waals surface area contributed by atoms with Crippen molar-refractivity contribution < 1.29 is 14.6 Å². The van der Waals surface area contributed by atoms with Crippen LogP contribution in [0.4, 0.5) is 0 Å². The SMILES string of the molecule is C=C(C)[C@@H]1CC[C@]2([C@H](O)C#CCN(CCC)CCC)CC[C@]3(C)[C@H](CC[C@@H]4[C@@]5(C)CC[C@H](OC(C)=O)C(C)(C)[C@@H]5CC[C@]43C)[C@@H]12. The molecule has 4 heteroatoms. The van der Waals surface area contributed by atoms with Crippen LogP contribution in [0.1, 0.15) is 139 Å². The summed E-state index contributed by atoms with van der Waals surface area (Å²) in [6.45, 7) is 28.5. The molecule has 0 bridgehead atoms. The molecule has 0 amide bonds. The Morgan fingerprint density at radius 1 is 0.889 bits per heavy atom. The van der Waals surface area contributed by atoms with E-state index < -0.39 is 6.10 Å². The van der Waals surface area contributed by atoms with Crippen LogP contribution in [0, 0.1) is 68.5 Å². The van der Waals surface area contributed by atoms with Crippen molar-refractivity contribution in [1.29, 1.82) is 0 Å². The number of hydrogen-bond donors (Lipinski definition) is 1. The van der Waals surface area contributed by atoms with Crippen molar-refractivity contribution in [2.24, 2.45) is 56.7 Å². The molecule has 0 aliphatic heterocycles. The van der Waals surface area contributed by atoms with Crippen LogP contribution in [-0.4, -0.2) is 47.8 Å². The van der Waals surface area contributed by atoms with Crippen LogP contribution in [0.5, 0.6) is 0 Å². The molecule has 5 saturated carbocycles. The van der Waals surface area contributed by atoms with Gasteiger partial charge in [0.15, 0.2) is 0 Å². The third kappa shape index (κ3) is 5.47. The van der Waals surface area contributed by atoms with Crippen molar-refractivity contribution in [2.45, 2.75) is 152 Å². The van der Waals surface area contributed by atoms with Gasteiger partial charge >= 0.3 is 5.97 Å². The third-order valence-electron chi connectivity index (χ3n) is 15.5. The summed E-state index contributed by atoms with van der Waals surface area (Å²) in [7, 11) is 0. The number of esters is 1. The molecule has 45 heavy (non-hydrogen) atoms. The van der Waals surface area contributed by atoms with E-state index in [9.17, 15) is 9.90 Å². The Kier molecular flexibility index (Phi) is 9.81. The first-order valence-corrected chi connectivity index (χ1v) is 18.8. The highest BCUT2D eigenvalue weighted by molar-refractivity contribution is 5.66. The zero-order valence-corrected chi connectivity index (χ0v) is 30.6. The quantitative estimate of drug-likeness (QED) is 0.167. The summed E-state index contributed by atoms with van der Waals surface area (Å²) in [6, 6.07) is 0. The Morgan fingerprint density at radius 3 is 2.20 bits per heavy atom. The molecule has 0 radical (unpaired) electrons. The smallest absolute Gasteiger partial charge is 0.302 e. The zero-order chi connectivity index (χ0) is 33.0. The first kappa shape index (κ1) is 35.0. The van der Waals surface area contributed by atoms with Gasteiger partial charge in [-0.2, -0.15) is 0 Å². The fourth-order valence-corrected chi connectivity index (χ4v) is 13.4. The lowest BCUT2D eigenvalue weighted by molar-refractivity contribution is -0.253. The zero-order valence-electron chi connectivity index (χ0n) is 30.6. The second-order valence-corrected chi connectivity index (χ2v) is 17.9. The van der Waals surface area contributed by atoms with Crippen LogP contribution in [0.15, 0.2) is 12.2 Å². The van der Waals surface area contributed by atoms with Crippen LogP contribution in [0.2, 0.25) is 0 Å². The van der Waals surface area contributed by atoms with Crippen LogP contribution in [0.3, 0.4) is 0 Å². The normalized spacial score (nSPS) is 44.0. The van der Waals surface area contributed by atoms with E-state index in [4.69, 9.17) is 4.74 Å². The molecule has 5 rings (SSSR count). The Bertz CT molecular complexity index is 1170. The van der Waals surface area contributed by atoms with Gasteiger partial charge in [0, 0.05) is 17.8 Å². The van der Waals surface area contributed by atoms with Gasteiger partial charge in [0.05, 0.1) is 6.54 Å². The minimum atomic E-state index is -0.558. The molecular formula is C41H67NO3. The number of rotatable bonds is 8. The molecule has 254 valence electrons. The van der Waals surface area contributed by atoms with Gasteiger partial charge in [-0.1, -0.05) is 72.5 Å². The molecule has 0 unspecified atom stereocenters. The standard InChI is InChI=1S/C41H67NO3/c1-11-25-42(26-12-2)27-13-14-34(44)41-22-17-30(28(3)4)36(41)31-15-16-33-38(8)20-19-35(45-29(5)43)37(6,7)32(38)18-21-40(33,10)39(31,9)23-24-41/h30-36,44H,3,11-12,15-27H2,1-2,4-10H3/t30-,31+,32-,33+,34+,35-,36+,38-,39+,40+,41+/m0/s1. The summed E-state index contributed by atoms with van der Waals surface area (Å²) in [5, 5.41) is 12.1. The van der Waals surface area contributed by atoms with Crippen molar-refractivity contribution in [3.8, 4) is 11.8 Å². The molecule has 5 fully saturated rings. The second kappa shape index (κ2) is 12.6. The number of fused-ring (bicyclic) bond motifs is 7. The molecule has 11 atom stereocenters. The fourth-order valence-electron chi connectivity index (χ4n) is 13.4. The van der Waals surface area contributed by atoms with Crippen molar-refractivity contribution >= 4 is 5.97 Å². The number of hydrogen-bond acceptors (Lipinski definition) is 4. The van der Waals surface area contributed by atoms with Gasteiger partial charge in [-0.3, -0.25) is 9.69 Å². The van der Waals surface area contributed by atoms with Gasteiger partial charge < -0.3 is 9.84 Å². The Balaban J connectivity index is 1.45. The highest BCUT2D eigenvalue weighted by Crippen LogP contribution is 2.78. The molecule has 0 aromatic rings. The molecule has 0 aromatic carbocycles. The number of aliphatic hydroxyl groups is 1. The molecule has 0 saturated heterocycles. The van der Waals surface area contributed by atoms with Gasteiger partial charge in [-0.25, -0.2) is 0 Å². The number of carbonyl (C=O) groups is 1. The lowest BCUT2D eigenvalue weighted by Gasteiger charge is -2.73. The molecule has 0 spiro atoms. The van der Waals surface area contributed by atoms with Crippen molar-refractivity contribution in [3.05, 3.63) is 12.2 Å². The first-order chi connectivity index (χ1) is 21.1. The summed E-state index contributed by atoms with van der Waals surface area (Å²) >= 11 is 0. The summed E-state index contributed by atoms with van der Waals surface area (Å²) in [5.74, 6) is 9.57. The fraction of sp³-hybridized carbons (Fsp3) is 0.878. The van der Waals surface area contributed by atoms with E-state index in [1.54, 1.807) is 6.92 Å². The van der Waals surface area contributed by atoms with Gasteiger partial charge in [0.1, 0.15) is 12.2 Å². The summed E-state index contributed by atoms with van der Waals surface area (Å²) < 4.78 is 5.96. The summed E-state index contributed by atoms with van der Waals surface area (Å²) in [6.07, 6.45) is 13.4. The van der Waals surface area contributed by atoms with Gasteiger partial charge in [0.2, 0.25) is 0 Å². The van der Waals surface area contributed by atoms with E-state index in [-0.39, 0.29) is 39.1 Å². The number of carbonyl (C=O) groups excluding carboxylic acids is 1. The topological polar surface area (TPSA) is 49.8 Å². The lowest BCUT2D eigenvalue weighted by atomic mass is 9.32. The van der Waals surface area contributed by atoms with E-state index in [1.807, 2.05) is 0 Å². The van der Waals surface area contributed by atoms with Gasteiger partial charge in [0.25, 0.3) is 0 Å². The Morgan fingerprint density at radius 2 is 1.58 bits per heavy atom. The monoisotopic (exact) mass is 622 g/mol. The Hall–Kier alpha value is -1.31. The maximum atomic E-state index is 12.1. The molecular weight excluding hydrogens is 554 g/mol. The highest BCUT2D eigenvalue weighted by Gasteiger charge is 2.71. The Labute approximate surface area is 276 Å². The van der Waals surface area contributed by atoms with Crippen LogP contribution in [0.25, 0.3) is 0 Å². The predicted octanol–water partition coefficient (Wildman–Crippen LogP) is 9.06. The van der Waals surface area contributed by atoms with E-state index in [0.29, 0.717) is 29.6 Å². The number of ether oxygens (including phenoxy) is 1. The van der Waals surface area contributed by atoms with Crippen LogP contribution >= 0.6 is 0 Å². The molecule has 4 nitrogen and oxygen atoms in total. The van der Waals surface area contributed by atoms with E-state index >= 15 is 0 Å². The third-order valence-corrected chi connectivity index (χ3v) is 15.5. The average molecular weight is 622 g/mol. The van der Waals surface area contributed by atoms with Gasteiger partial charge in [-0.05, 0) is 143 Å².